The van der Waals surface area contributed by atoms with Crippen molar-refractivity contribution in [3.05, 3.63) is 79.0 Å². The molecule has 0 bridgehead atoms. The molecule has 0 saturated heterocycles. The summed E-state index contributed by atoms with van der Waals surface area (Å²) in [7, 11) is 0. The first-order chi connectivity index (χ1) is 9.90. The number of nitrogens with one attached hydrogen (secondary N) is 2. The van der Waals surface area contributed by atoms with Gasteiger partial charge in [-0.15, -0.1) is 0 Å². The van der Waals surface area contributed by atoms with Crippen LogP contribution in [0.1, 0.15) is 0 Å². The van der Waals surface area contributed by atoms with Gasteiger partial charge in [0.2, 0.25) is 0 Å². The SMILES string of the molecule is c1ccc(Nc2ccnc(Nc3ccccc3)c2)cc1. The lowest BCUT2D eigenvalue weighted by molar-refractivity contribution is 1.30. The summed E-state index contributed by atoms with van der Waals surface area (Å²) in [6.07, 6.45) is 1.79. The molecule has 0 radical (unpaired) electrons. The lowest BCUT2D eigenvalue weighted by Gasteiger charge is -2.09. The van der Waals surface area contributed by atoms with Crippen LogP contribution in [0.3, 0.4) is 0 Å². The second-order valence-electron chi connectivity index (χ2n) is 4.41. The molecule has 1 aromatic heterocycles. The molecular formula is C17H15N3. The Bertz CT molecular complexity index is 609. The van der Waals surface area contributed by atoms with Crippen molar-refractivity contribution in [2.45, 2.75) is 0 Å². The van der Waals surface area contributed by atoms with Crippen molar-refractivity contribution in [2.24, 2.45) is 0 Å². The summed E-state index contributed by atoms with van der Waals surface area (Å²) >= 11 is 0. The van der Waals surface area contributed by atoms with Crippen LogP contribution in [0.4, 0.5) is 22.9 Å². The first kappa shape index (κ1) is 12.2. The van der Waals surface area contributed by atoms with Crippen LogP contribution < -0.4 is 10.6 Å². The van der Waals surface area contributed by atoms with Crippen molar-refractivity contribution in [3.63, 3.8) is 0 Å². The highest BCUT2D eigenvalue weighted by molar-refractivity contribution is 5.65. The van der Waals surface area contributed by atoms with Gasteiger partial charge in [-0.05, 0) is 30.3 Å². The second-order valence-corrected chi connectivity index (χ2v) is 4.41. The fraction of sp³-hybridized carbons (Fsp3) is 0. The predicted octanol–water partition coefficient (Wildman–Crippen LogP) is 4.57. The zero-order valence-corrected chi connectivity index (χ0v) is 11.0. The lowest BCUT2D eigenvalue weighted by atomic mass is 10.3. The van der Waals surface area contributed by atoms with E-state index < -0.39 is 0 Å². The van der Waals surface area contributed by atoms with Gasteiger partial charge in [0, 0.05) is 29.3 Å². The van der Waals surface area contributed by atoms with E-state index in [4.69, 9.17) is 0 Å². The minimum atomic E-state index is 0.817. The molecule has 3 heteroatoms. The Morgan fingerprint density at radius 2 is 1.20 bits per heavy atom. The molecule has 0 amide bonds. The van der Waals surface area contributed by atoms with Crippen LogP contribution in [0.15, 0.2) is 79.0 Å². The van der Waals surface area contributed by atoms with Gasteiger partial charge in [0.1, 0.15) is 5.82 Å². The highest BCUT2D eigenvalue weighted by atomic mass is 15.0. The van der Waals surface area contributed by atoms with Gasteiger partial charge in [-0.2, -0.15) is 0 Å². The van der Waals surface area contributed by atoms with Crippen LogP contribution in [0.2, 0.25) is 0 Å². The number of pyridine rings is 1. The number of anilines is 4. The summed E-state index contributed by atoms with van der Waals surface area (Å²) in [5.41, 5.74) is 3.09. The van der Waals surface area contributed by atoms with E-state index in [1.807, 2.05) is 72.8 Å². The van der Waals surface area contributed by atoms with E-state index in [0.29, 0.717) is 0 Å². The summed E-state index contributed by atoms with van der Waals surface area (Å²) < 4.78 is 0. The molecule has 1 heterocycles. The smallest absolute Gasteiger partial charge is 0.132 e. The number of para-hydroxylation sites is 2. The van der Waals surface area contributed by atoms with Gasteiger partial charge in [0.05, 0.1) is 0 Å². The molecule has 0 aliphatic rings. The Labute approximate surface area is 118 Å². The van der Waals surface area contributed by atoms with E-state index in [1.54, 1.807) is 6.20 Å². The van der Waals surface area contributed by atoms with E-state index >= 15 is 0 Å². The van der Waals surface area contributed by atoms with Gasteiger partial charge in [-0.3, -0.25) is 0 Å². The average molecular weight is 261 g/mol. The van der Waals surface area contributed by atoms with Crippen molar-refractivity contribution >= 4 is 22.9 Å². The highest BCUT2D eigenvalue weighted by Crippen LogP contribution is 2.20. The molecule has 0 saturated carbocycles. The average Bonchev–Trinajstić information content (AvgIpc) is 2.50. The fourth-order valence-corrected chi connectivity index (χ4v) is 1.93. The van der Waals surface area contributed by atoms with E-state index in [-0.39, 0.29) is 0 Å². The van der Waals surface area contributed by atoms with Gasteiger partial charge in [0.25, 0.3) is 0 Å². The van der Waals surface area contributed by atoms with Crippen molar-refractivity contribution in [3.8, 4) is 0 Å². The van der Waals surface area contributed by atoms with Crippen LogP contribution in [0.25, 0.3) is 0 Å². The van der Waals surface area contributed by atoms with Gasteiger partial charge in [-0.1, -0.05) is 36.4 Å². The molecule has 0 aliphatic heterocycles. The number of hydrogen-bond donors (Lipinski definition) is 2. The van der Waals surface area contributed by atoms with Crippen LogP contribution in [-0.2, 0) is 0 Å². The molecule has 3 nitrogen and oxygen atoms in total. The zero-order chi connectivity index (χ0) is 13.6. The number of benzene rings is 2. The van der Waals surface area contributed by atoms with Crippen LogP contribution in [0.5, 0.6) is 0 Å². The maximum absolute atomic E-state index is 4.33. The summed E-state index contributed by atoms with van der Waals surface area (Å²) in [6.45, 7) is 0. The molecule has 0 fully saturated rings. The zero-order valence-electron chi connectivity index (χ0n) is 11.0. The minimum absolute atomic E-state index is 0.817. The molecular weight excluding hydrogens is 246 g/mol. The topological polar surface area (TPSA) is 37.0 Å². The first-order valence-corrected chi connectivity index (χ1v) is 6.50. The van der Waals surface area contributed by atoms with Crippen molar-refractivity contribution in [2.75, 3.05) is 10.6 Å². The molecule has 3 rings (SSSR count). The van der Waals surface area contributed by atoms with E-state index in [1.165, 1.54) is 0 Å². The van der Waals surface area contributed by atoms with Crippen LogP contribution in [0, 0.1) is 0 Å². The lowest BCUT2D eigenvalue weighted by Crippen LogP contribution is -1.95. The third-order valence-corrected chi connectivity index (χ3v) is 2.87. The third-order valence-electron chi connectivity index (χ3n) is 2.87. The monoisotopic (exact) mass is 261 g/mol. The van der Waals surface area contributed by atoms with E-state index in [9.17, 15) is 0 Å². The number of nitrogens with zero attached hydrogens (tertiary/aromatic N) is 1. The van der Waals surface area contributed by atoms with Gasteiger partial charge in [0.15, 0.2) is 0 Å². The Morgan fingerprint density at radius 1 is 0.600 bits per heavy atom. The largest absolute Gasteiger partial charge is 0.355 e. The number of rotatable bonds is 4. The summed E-state index contributed by atoms with van der Waals surface area (Å²) in [4.78, 5) is 4.33. The maximum Gasteiger partial charge on any atom is 0.132 e. The molecule has 20 heavy (non-hydrogen) atoms. The fourth-order valence-electron chi connectivity index (χ4n) is 1.93. The summed E-state index contributed by atoms with van der Waals surface area (Å²) in [5, 5.41) is 6.63. The molecule has 3 aromatic rings. The summed E-state index contributed by atoms with van der Waals surface area (Å²) in [5.74, 6) is 0.817. The van der Waals surface area contributed by atoms with Crippen molar-refractivity contribution in [1.29, 1.82) is 0 Å². The van der Waals surface area contributed by atoms with Crippen LogP contribution in [-0.4, -0.2) is 4.98 Å². The molecule has 98 valence electrons. The molecule has 0 atom stereocenters. The van der Waals surface area contributed by atoms with Gasteiger partial charge < -0.3 is 10.6 Å². The molecule has 0 spiro atoms. The number of aromatic nitrogens is 1. The standard InChI is InChI=1S/C17H15N3/c1-3-7-14(8-4-1)19-16-11-12-18-17(13-16)20-15-9-5-2-6-10-15/h1-13H,(H2,18,19,20). The Hall–Kier alpha value is -2.81. The number of hydrogen-bond acceptors (Lipinski definition) is 3. The maximum atomic E-state index is 4.33. The molecule has 2 aromatic carbocycles. The molecule has 2 N–H and O–H groups in total. The van der Waals surface area contributed by atoms with Crippen molar-refractivity contribution < 1.29 is 0 Å². The molecule has 0 aliphatic carbocycles. The quantitative estimate of drug-likeness (QED) is 0.722. The Kier molecular flexibility index (Phi) is 3.60. The first-order valence-electron chi connectivity index (χ1n) is 6.50. The third kappa shape index (κ3) is 3.14. The van der Waals surface area contributed by atoms with E-state index in [2.05, 4.69) is 15.6 Å². The highest BCUT2D eigenvalue weighted by Gasteiger charge is 1.98. The molecule has 0 unspecified atom stereocenters. The normalized spacial score (nSPS) is 10.0. The second kappa shape index (κ2) is 5.89. The van der Waals surface area contributed by atoms with Gasteiger partial charge in [-0.25, -0.2) is 4.98 Å². The van der Waals surface area contributed by atoms with Crippen molar-refractivity contribution in [1.82, 2.24) is 4.98 Å². The summed E-state index contributed by atoms with van der Waals surface area (Å²) in [6, 6.07) is 24.0. The Balaban J connectivity index is 1.76. The Morgan fingerprint density at radius 3 is 1.85 bits per heavy atom. The minimum Gasteiger partial charge on any atom is -0.355 e. The van der Waals surface area contributed by atoms with Crippen LogP contribution >= 0.6 is 0 Å². The van der Waals surface area contributed by atoms with E-state index in [0.717, 1.165) is 22.9 Å². The predicted molar refractivity (Wildman–Crippen MR) is 83.7 cm³/mol. The van der Waals surface area contributed by atoms with Gasteiger partial charge >= 0.3 is 0 Å².